The van der Waals surface area contributed by atoms with Crippen LogP contribution in [0.4, 0.5) is 0 Å². The Bertz CT molecular complexity index is 370. The minimum absolute atomic E-state index is 0.380. The van der Waals surface area contributed by atoms with Crippen molar-refractivity contribution in [3.8, 4) is 0 Å². The standard InChI is InChI=1S/C13H17BrOS/c14-12-9-8-11(16-12)13(15)10-6-4-2-1-3-5-7-10/h6,8-9,13,15H,1-5,7H2/b10-6+. The van der Waals surface area contributed by atoms with E-state index in [2.05, 4.69) is 22.0 Å². The fraction of sp³-hybridized carbons (Fsp3) is 0.538. The van der Waals surface area contributed by atoms with E-state index in [9.17, 15) is 5.11 Å². The number of allylic oxidation sites excluding steroid dienone is 1. The fourth-order valence-electron chi connectivity index (χ4n) is 2.12. The zero-order chi connectivity index (χ0) is 11.4. The van der Waals surface area contributed by atoms with Crippen molar-refractivity contribution in [3.63, 3.8) is 0 Å². The lowest BCUT2D eigenvalue weighted by molar-refractivity contribution is 0.213. The second-order valence-electron chi connectivity index (χ2n) is 4.28. The fourth-order valence-corrected chi connectivity index (χ4v) is 3.58. The van der Waals surface area contributed by atoms with Gasteiger partial charge in [-0.05, 0) is 59.3 Å². The Balaban J connectivity index is 2.09. The van der Waals surface area contributed by atoms with Gasteiger partial charge in [-0.25, -0.2) is 0 Å². The van der Waals surface area contributed by atoms with Crippen molar-refractivity contribution < 1.29 is 5.11 Å². The number of aliphatic hydroxyl groups excluding tert-OH is 1. The van der Waals surface area contributed by atoms with Crippen molar-refractivity contribution in [2.75, 3.05) is 0 Å². The van der Waals surface area contributed by atoms with Gasteiger partial charge in [0.15, 0.2) is 0 Å². The molecule has 1 aliphatic carbocycles. The second kappa shape index (κ2) is 5.99. The van der Waals surface area contributed by atoms with Crippen molar-refractivity contribution in [1.29, 1.82) is 0 Å². The summed E-state index contributed by atoms with van der Waals surface area (Å²) in [5.41, 5.74) is 1.22. The van der Waals surface area contributed by atoms with Gasteiger partial charge in [-0.3, -0.25) is 0 Å². The van der Waals surface area contributed by atoms with Crippen molar-refractivity contribution >= 4 is 27.3 Å². The van der Waals surface area contributed by atoms with Gasteiger partial charge in [0.25, 0.3) is 0 Å². The predicted molar refractivity (Wildman–Crippen MR) is 72.8 cm³/mol. The summed E-state index contributed by atoms with van der Waals surface area (Å²) in [6.45, 7) is 0. The lowest BCUT2D eigenvalue weighted by Crippen LogP contribution is -2.01. The molecule has 2 rings (SSSR count). The normalized spacial score (nSPS) is 23.0. The van der Waals surface area contributed by atoms with E-state index in [1.165, 1.54) is 31.3 Å². The Hall–Kier alpha value is -0.120. The zero-order valence-electron chi connectivity index (χ0n) is 9.29. The summed E-state index contributed by atoms with van der Waals surface area (Å²) < 4.78 is 1.09. The molecule has 1 aliphatic rings. The molecule has 1 aromatic rings. The summed E-state index contributed by atoms with van der Waals surface area (Å²) >= 11 is 5.07. The van der Waals surface area contributed by atoms with Gasteiger partial charge in [-0.2, -0.15) is 0 Å². The highest BCUT2D eigenvalue weighted by atomic mass is 79.9. The average Bonchev–Trinajstić information content (AvgIpc) is 2.63. The molecule has 0 amide bonds. The first kappa shape index (κ1) is 12.3. The van der Waals surface area contributed by atoms with Gasteiger partial charge in [0, 0.05) is 4.88 Å². The van der Waals surface area contributed by atoms with E-state index in [4.69, 9.17) is 0 Å². The molecule has 1 N–H and O–H groups in total. The van der Waals surface area contributed by atoms with Gasteiger partial charge in [0.1, 0.15) is 6.10 Å². The molecular weight excluding hydrogens is 284 g/mol. The number of hydrogen-bond acceptors (Lipinski definition) is 2. The van der Waals surface area contributed by atoms with Gasteiger partial charge in [-0.15, -0.1) is 11.3 Å². The van der Waals surface area contributed by atoms with E-state index in [0.29, 0.717) is 0 Å². The first-order valence-corrected chi connectivity index (χ1v) is 7.50. The SMILES string of the molecule is OC(/C1=C/CCCCCC1)c1ccc(Br)s1. The predicted octanol–water partition coefficient (Wildman–Crippen LogP) is 4.82. The number of thiophene rings is 1. The molecule has 1 aromatic heterocycles. The van der Waals surface area contributed by atoms with E-state index >= 15 is 0 Å². The van der Waals surface area contributed by atoms with Crippen LogP contribution in [0.2, 0.25) is 0 Å². The van der Waals surface area contributed by atoms with Gasteiger partial charge in [-0.1, -0.05) is 18.9 Å². The summed E-state index contributed by atoms with van der Waals surface area (Å²) in [5.74, 6) is 0. The molecule has 0 radical (unpaired) electrons. The maximum Gasteiger partial charge on any atom is 0.109 e. The van der Waals surface area contributed by atoms with Crippen LogP contribution in [0.1, 0.15) is 49.5 Å². The molecular formula is C13H17BrOS. The summed E-state index contributed by atoms with van der Waals surface area (Å²) in [7, 11) is 0. The molecule has 1 atom stereocenters. The minimum atomic E-state index is -0.380. The molecule has 0 saturated carbocycles. The van der Waals surface area contributed by atoms with E-state index < -0.39 is 0 Å². The smallest absolute Gasteiger partial charge is 0.109 e. The van der Waals surface area contributed by atoms with E-state index in [1.54, 1.807) is 11.3 Å². The maximum absolute atomic E-state index is 10.3. The number of aliphatic hydroxyl groups is 1. The van der Waals surface area contributed by atoms with Crippen LogP contribution in [-0.2, 0) is 0 Å². The third kappa shape index (κ3) is 3.19. The van der Waals surface area contributed by atoms with E-state index in [0.717, 1.165) is 21.5 Å². The molecule has 0 bridgehead atoms. The first-order valence-electron chi connectivity index (χ1n) is 5.89. The van der Waals surface area contributed by atoms with Gasteiger partial charge in [0.2, 0.25) is 0 Å². The van der Waals surface area contributed by atoms with Crippen LogP contribution in [0.5, 0.6) is 0 Å². The van der Waals surface area contributed by atoms with Gasteiger partial charge in [0.05, 0.1) is 3.79 Å². The van der Waals surface area contributed by atoms with Crippen LogP contribution in [0.3, 0.4) is 0 Å². The van der Waals surface area contributed by atoms with Crippen molar-refractivity contribution in [2.24, 2.45) is 0 Å². The summed E-state index contributed by atoms with van der Waals surface area (Å²) in [5, 5.41) is 10.3. The molecule has 1 heterocycles. The molecule has 0 aromatic carbocycles. The summed E-state index contributed by atoms with van der Waals surface area (Å²) in [6, 6.07) is 4.02. The Morgan fingerprint density at radius 3 is 2.75 bits per heavy atom. The summed E-state index contributed by atoms with van der Waals surface area (Å²) in [4.78, 5) is 1.05. The highest BCUT2D eigenvalue weighted by Gasteiger charge is 2.15. The molecule has 0 spiro atoms. The van der Waals surface area contributed by atoms with Crippen LogP contribution in [0.15, 0.2) is 27.6 Å². The summed E-state index contributed by atoms with van der Waals surface area (Å²) in [6.07, 6.45) is 9.17. The lowest BCUT2D eigenvalue weighted by Gasteiger charge is -2.16. The Labute approximate surface area is 109 Å². The zero-order valence-corrected chi connectivity index (χ0v) is 11.7. The Morgan fingerprint density at radius 2 is 2.00 bits per heavy atom. The van der Waals surface area contributed by atoms with E-state index in [1.807, 2.05) is 12.1 Å². The topological polar surface area (TPSA) is 20.2 Å². The molecule has 0 saturated heterocycles. The average molecular weight is 301 g/mol. The van der Waals surface area contributed by atoms with Crippen molar-refractivity contribution in [3.05, 3.63) is 32.4 Å². The molecule has 88 valence electrons. The van der Waals surface area contributed by atoms with Crippen LogP contribution < -0.4 is 0 Å². The Morgan fingerprint density at radius 1 is 1.19 bits per heavy atom. The first-order chi connectivity index (χ1) is 7.77. The van der Waals surface area contributed by atoms with Crippen LogP contribution >= 0.6 is 27.3 Å². The van der Waals surface area contributed by atoms with E-state index in [-0.39, 0.29) is 6.10 Å². The van der Waals surface area contributed by atoms with Crippen molar-refractivity contribution in [2.45, 2.75) is 44.6 Å². The number of halogens is 1. The highest BCUT2D eigenvalue weighted by molar-refractivity contribution is 9.11. The maximum atomic E-state index is 10.3. The molecule has 16 heavy (non-hydrogen) atoms. The van der Waals surface area contributed by atoms with Gasteiger partial charge < -0.3 is 5.11 Å². The van der Waals surface area contributed by atoms with Crippen LogP contribution in [0, 0.1) is 0 Å². The number of rotatable bonds is 2. The van der Waals surface area contributed by atoms with Crippen LogP contribution in [-0.4, -0.2) is 5.11 Å². The van der Waals surface area contributed by atoms with Crippen molar-refractivity contribution in [1.82, 2.24) is 0 Å². The molecule has 3 heteroatoms. The molecule has 0 fully saturated rings. The number of hydrogen-bond donors (Lipinski definition) is 1. The second-order valence-corrected chi connectivity index (χ2v) is 6.77. The Kier molecular flexibility index (Phi) is 4.62. The quantitative estimate of drug-likeness (QED) is 0.776. The highest BCUT2D eigenvalue weighted by Crippen LogP contribution is 2.34. The lowest BCUT2D eigenvalue weighted by atomic mass is 9.96. The molecule has 1 nitrogen and oxygen atoms in total. The third-order valence-corrected chi connectivity index (χ3v) is 4.72. The minimum Gasteiger partial charge on any atom is -0.383 e. The largest absolute Gasteiger partial charge is 0.383 e. The van der Waals surface area contributed by atoms with Crippen LogP contribution in [0.25, 0.3) is 0 Å². The monoisotopic (exact) mass is 300 g/mol. The molecule has 0 aliphatic heterocycles. The van der Waals surface area contributed by atoms with Gasteiger partial charge >= 0.3 is 0 Å². The third-order valence-electron chi connectivity index (χ3n) is 3.04. The molecule has 1 unspecified atom stereocenters.